The molecule has 188 valence electrons. The van der Waals surface area contributed by atoms with Crippen LogP contribution in [0.3, 0.4) is 0 Å². The molecule has 0 saturated carbocycles. The third-order valence-corrected chi connectivity index (χ3v) is 6.32. The zero-order valence-corrected chi connectivity index (χ0v) is 21.2. The van der Waals surface area contributed by atoms with Crippen molar-refractivity contribution >= 4 is 19.3 Å². The fraction of sp³-hybridized carbons (Fsp3) is 0.423. The van der Waals surface area contributed by atoms with Gasteiger partial charge in [0.2, 0.25) is 0 Å². The number of carbonyl (C=O) groups excluding carboxylic acids is 1. The number of carbonyl (C=O) groups is 1. The second kappa shape index (κ2) is 11.2. The summed E-state index contributed by atoms with van der Waals surface area (Å²) in [4.78, 5) is 12.5. The van der Waals surface area contributed by atoms with E-state index in [9.17, 15) is 9.90 Å². The van der Waals surface area contributed by atoms with E-state index in [0.29, 0.717) is 28.1 Å². The van der Waals surface area contributed by atoms with Crippen molar-refractivity contribution in [2.75, 3.05) is 20.8 Å². The quantitative estimate of drug-likeness (QED) is 0.518. The monoisotopic (exact) mass is 483 g/mol. The minimum Gasteiger partial charge on any atom is -0.496 e. The second-order valence-electron chi connectivity index (χ2n) is 9.29. The molecule has 8 nitrogen and oxygen atoms in total. The lowest BCUT2D eigenvalue weighted by molar-refractivity contribution is 0.00578. The highest BCUT2D eigenvalue weighted by atomic mass is 16.7. The third-order valence-electron chi connectivity index (χ3n) is 6.32. The van der Waals surface area contributed by atoms with E-state index in [1.54, 1.807) is 26.4 Å². The smallest absolute Gasteiger partial charge is 0.492 e. The molecule has 1 aliphatic heterocycles. The molecule has 35 heavy (non-hydrogen) atoms. The Kier molecular flexibility index (Phi) is 8.48. The first kappa shape index (κ1) is 26.6. The van der Waals surface area contributed by atoms with Crippen LogP contribution in [0.15, 0.2) is 47.9 Å². The maximum Gasteiger partial charge on any atom is 0.492 e. The molecule has 1 amide bonds. The normalized spacial score (nSPS) is 16.7. The molecule has 1 heterocycles. The second-order valence-corrected chi connectivity index (χ2v) is 9.29. The number of methoxy groups -OCH3 is 2. The molecular formula is C26H34BNO7. The van der Waals surface area contributed by atoms with Gasteiger partial charge in [-0.2, -0.15) is 0 Å². The number of benzene rings is 2. The Balaban J connectivity index is 1.88. The van der Waals surface area contributed by atoms with E-state index in [1.807, 2.05) is 64.1 Å². The van der Waals surface area contributed by atoms with Gasteiger partial charge in [-0.25, -0.2) is 4.79 Å². The Morgan fingerprint density at radius 1 is 1.00 bits per heavy atom. The number of aliphatic hydroxyl groups is 1. The summed E-state index contributed by atoms with van der Waals surface area (Å²) in [6.07, 6.45) is 1.25. The van der Waals surface area contributed by atoms with Crippen LogP contribution in [0.25, 0.3) is 6.08 Å². The molecule has 2 aromatic carbocycles. The number of alkyl carbamates (subject to hydrolysis) is 1. The molecule has 0 aliphatic carbocycles. The average Bonchev–Trinajstić information content (AvgIpc) is 3.06. The van der Waals surface area contributed by atoms with Gasteiger partial charge < -0.3 is 33.9 Å². The fourth-order valence-corrected chi connectivity index (χ4v) is 3.56. The molecule has 2 aromatic rings. The first-order valence-corrected chi connectivity index (χ1v) is 11.5. The molecule has 0 unspecified atom stereocenters. The molecular weight excluding hydrogens is 449 g/mol. The lowest BCUT2D eigenvalue weighted by Gasteiger charge is -2.32. The highest BCUT2D eigenvalue weighted by Crippen LogP contribution is 2.40. The average molecular weight is 483 g/mol. The maximum absolute atomic E-state index is 12.5. The molecule has 0 bridgehead atoms. The fourth-order valence-electron chi connectivity index (χ4n) is 3.56. The predicted molar refractivity (Wildman–Crippen MR) is 134 cm³/mol. The maximum atomic E-state index is 12.5. The Labute approximate surface area is 207 Å². The number of ether oxygens (including phenoxy) is 3. The summed E-state index contributed by atoms with van der Waals surface area (Å²) in [6, 6.07) is 12.9. The summed E-state index contributed by atoms with van der Waals surface area (Å²) >= 11 is 0. The summed E-state index contributed by atoms with van der Waals surface area (Å²) in [5.74, 6) is 1.02. The van der Waals surface area contributed by atoms with Gasteiger partial charge in [-0.15, -0.1) is 0 Å². The molecule has 9 heteroatoms. The van der Waals surface area contributed by atoms with Crippen LogP contribution in [0.5, 0.6) is 11.5 Å². The van der Waals surface area contributed by atoms with E-state index in [0.717, 1.165) is 5.56 Å². The Hall–Kier alpha value is -3.01. The van der Waals surface area contributed by atoms with Crippen LogP contribution >= 0.6 is 0 Å². The minimum absolute atomic E-state index is 0.110. The van der Waals surface area contributed by atoms with Crippen molar-refractivity contribution in [3.8, 4) is 11.5 Å². The van der Waals surface area contributed by atoms with E-state index in [1.165, 1.54) is 0 Å². The number of aliphatic hydroxyl groups excluding tert-OH is 1. The van der Waals surface area contributed by atoms with Crippen LogP contribution in [0.1, 0.15) is 44.4 Å². The standard InChI is InChI=1S/C26H34BNO7/c1-25(2)26(3,4)35-27(34-25)20(15-28-24(30)33-17-18-10-8-7-9-11-18)14-21-22(31-5)12-19(16-29)13-23(21)32-6/h7-14,29H,15-17H2,1-6H3,(H,28,30). The highest BCUT2D eigenvalue weighted by molar-refractivity contribution is 6.56. The molecule has 0 radical (unpaired) electrons. The number of nitrogens with one attached hydrogen (secondary N) is 1. The minimum atomic E-state index is -0.721. The first-order chi connectivity index (χ1) is 16.6. The Morgan fingerprint density at radius 3 is 2.09 bits per heavy atom. The van der Waals surface area contributed by atoms with Crippen molar-refractivity contribution < 1.29 is 33.4 Å². The van der Waals surface area contributed by atoms with Crippen molar-refractivity contribution in [3.63, 3.8) is 0 Å². The molecule has 2 N–H and O–H groups in total. The Morgan fingerprint density at radius 2 is 1.57 bits per heavy atom. The molecule has 0 aromatic heterocycles. The van der Waals surface area contributed by atoms with Crippen LogP contribution in [0.2, 0.25) is 0 Å². The number of amides is 1. The van der Waals surface area contributed by atoms with Crippen LogP contribution in [-0.4, -0.2) is 50.3 Å². The van der Waals surface area contributed by atoms with Crippen molar-refractivity contribution in [2.24, 2.45) is 0 Å². The van der Waals surface area contributed by atoms with Gasteiger partial charge in [0.25, 0.3) is 0 Å². The zero-order valence-electron chi connectivity index (χ0n) is 21.2. The largest absolute Gasteiger partial charge is 0.496 e. The summed E-state index contributed by atoms with van der Waals surface area (Å²) in [5, 5.41) is 12.4. The predicted octanol–water partition coefficient (Wildman–Crippen LogP) is 4.14. The molecule has 1 fully saturated rings. The van der Waals surface area contributed by atoms with Crippen molar-refractivity contribution in [3.05, 3.63) is 64.6 Å². The van der Waals surface area contributed by atoms with Gasteiger partial charge in [-0.05, 0) is 62.5 Å². The van der Waals surface area contributed by atoms with Gasteiger partial charge in [0.1, 0.15) is 18.1 Å². The molecule has 0 atom stereocenters. The summed E-state index contributed by atoms with van der Waals surface area (Å²) in [6.45, 7) is 7.96. The van der Waals surface area contributed by atoms with E-state index in [2.05, 4.69) is 5.32 Å². The number of hydrogen-bond acceptors (Lipinski definition) is 7. The molecule has 3 rings (SSSR count). The van der Waals surface area contributed by atoms with E-state index < -0.39 is 24.4 Å². The van der Waals surface area contributed by atoms with Crippen LogP contribution < -0.4 is 14.8 Å². The van der Waals surface area contributed by atoms with Crippen LogP contribution in [0.4, 0.5) is 4.79 Å². The van der Waals surface area contributed by atoms with E-state index >= 15 is 0 Å². The lowest BCUT2D eigenvalue weighted by atomic mass is 9.76. The lowest BCUT2D eigenvalue weighted by Crippen LogP contribution is -2.41. The summed E-state index contributed by atoms with van der Waals surface area (Å²) in [7, 11) is 2.36. The van der Waals surface area contributed by atoms with Gasteiger partial charge in [-0.1, -0.05) is 30.3 Å². The van der Waals surface area contributed by atoms with Gasteiger partial charge >= 0.3 is 13.2 Å². The number of hydrogen-bond donors (Lipinski definition) is 2. The van der Waals surface area contributed by atoms with Gasteiger partial charge in [0.05, 0.1) is 37.6 Å². The van der Waals surface area contributed by atoms with E-state index in [-0.39, 0.29) is 19.8 Å². The molecule has 1 saturated heterocycles. The molecule has 1 aliphatic rings. The topological polar surface area (TPSA) is 95.5 Å². The van der Waals surface area contributed by atoms with Crippen molar-refractivity contribution in [1.29, 1.82) is 0 Å². The third kappa shape index (κ3) is 6.36. The highest BCUT2D eigenvalue weighted by Gasteiger charge is 2.52. The summed E-state index contributed by atoms with van der Waals surface area (Å²) in [5.41, 5.74) is 1.68. The van der Waals surface area contributed by atoms with Gasteiger partial charge in [-0.3, -0.25) is 0 Å². The van der Waals surface area contributed by atoms with Gasteiger partial charge in [0.15, 0.2) is 0 Å². The zero-order chi connectivity index (χ0) is 25.6. The molecule has 0 spiro atoms. The van der Waals surface area contributed by atoms with E-state index in [4.69, 9.17) is 23.5 Å². The number of rotatable bonds is 9. The van der Waals surface area contributed by atoms with Crippen molar-refractivity contribution in [2.45, 2.75) is 52.1 Å². The first-order valence-electron chi connectivity index (χ1n) is 11.5. The Bertz CT molecular complexity index is 1010. The SMILES string of the molecule is COc1cc(CO)cc(OC)c1C=C(CNC(=O)OCc1ccccc1)B1OC(C)(C)C(C)(C)O1. The van der Waals surface area contributed by atoms with Crippen LogP contribution in [0, 0.1) is 0 Å². The van der Waals surface area contributed by atoms with Crippen LogP contribution in [-0.2, 0) is 27.3 Å². The summed E-state index contributed by atoms with van der Waals surface area (Å²) < 4.78 is 29.0. The van der Waals surface area contributed by atoms with Gasteiger partial charge in [0, 0.05) is 6.54 Å². The van der Waals surface area contributed by atoms with Crippen molar-refractivity contribution in [1.82, 2.24) is 5.32 Å².